The van der Waals surface area contributed by atoms with Crippen LogP contribution in [0.5, 0.6) is 0 Å². The van der Waals surface area contributed by atoms with Gasteiger partial charge in [-0.15, -0.1) is 10.2 Å². The van der Waals surface area contributed by atoms with Crippen molar-refractivity contribution >= 4 is 11.0 Å². The monoisotopic (exact) mass is 385 g/mol. The van der Waals surface area contributed by atoms with Crippen molar-refractivity contribution in [2.75, 3.05) is 0 Å². The molecule has 0 fully saturated rings. The molecule has 0 atom stereocenters. The summed E-state index contributed by atoms with van der Waals surface area (Å²) in [6.07, 6.45) is 3.95. The van der Waals surface area contributed by atoms with Gasteiger partial charge in [0.05, 0.1) is 0 Å². The fourth-order valence-electron chi connectivity index (χ4n) is 2.76. The third-order valence-electron chi connectivity index (χ3n) is 3.80. The third-order valence-corrected chi connectivity index (χ3v) is 3.80. The Bertz CT molecular complexity index is 996. The fourth-order valence-corrected chi connectivity index (χ4v) is 2.76. The minimum absolute atomic E-state index is 0.848. The van der Waals surface area contributed by atoms with Crippen LogP contribution < -0.4 is 23.2 Å². The largest absolute Gasteiger partial charge is 0.251 e. The summed E-state index contributed by atoms with van der Waals surface area (Å²) in [5.41, 5.74) is 3.66. The van der Waals surface area contributed by atoms with Gasteiger partial charge in [0.1, 0.15) is 6.54 Å². The Labute approximate surface area is 157 Å². The summed E-state index contributed by atoms with van der Waals surface area (Å²) >= 11 is 0. The second-order valence-electron chi connectivity index (χ2n) is 5.65. The average molecular weight is 386 g/mol. The first-order chi connectivity index (χ1) is 12.9. The average Bonchev–Trinajstić information content (AvgIpc) is 3.01. The maximum absolute atomic E-state index is 8.49. The van der Waals surface area contributed by atoms with Crippen LogP contribution in [0, 0.1) is 10.2 Å². The Morgan fingerprint density at radius 2 is 1.44 bits per heavy atom. The Balaban J connectivity index is 0.000000376. The molecule has 138 valence electrons. The van der Waals surface area contributed by atoms with E-state index >= 15 is 0 Å². The minimum Gasteiger partial charge on any atom is -0.225 e. The summed E-state index contributed by atoms with van der Waals surface area (Å²) in [6, 6.07) is 24.9. The molecule has 8 heteroatoms. The molecule has 0 saturated carbocycles. The van der Waals surface area contributed by atoms with E-state index in [2.05, 4.69) is 69.0 Å². The number of aromatic nitrogens is 3. The first kappa shape index (κ1) is 19.0. The molecule has 27 heavy (non-hydrogen) atoms. The van der Waals surface area contributed by atoms with Crippen LogP contribution in [0.2, 0.25) is 0 Å². The number of halogens is 1. The molecule has 4 aromatic rings. The van der Waals surface area contributed by atoms with Crippen molar-refractivity contribution in [3.8, 4) is 5.82 Å². The number of benzene rings is 2. The molecular weight excluding hydrogens is 370 g/mol. The van der Waals surface area contributed by atoms with Gasteiger partial charge < -0.3 is 0 Å². The van der Waals surface area contributed by atoms with Crippen LogP contribution in [0.4, 0.5) is 0 Å². The van der Waals surface area contributed by atoms with E-state index in [4.69, 9.17) is 18.6 Å². The molecule has 0 saturated heterocycles. The molecule has 2 heterocycles. The number of rotatable bonds is 3. The SMILES string of the molecule is [O-][Cl+3]([O-])([O-])[O-].c1ccc(C[n+]2cn(-c3ccccn3)c3ccccc32)cc1. The van der Waals surface area contributed by atoms with E-state index in [0.29, 0.717) is 0 Å². The van der Waals surface area contributed by atoms with Crippen molar-refractivity contribution in [3.05, 3.63) is 90.9 Å². The maximum Gasteiger partial charge on any atom is 0.251 e. The third kappa shape index (κ3) is 5.33. The Kier molecular flexibility index (Phi) is 5.80. The van der Waals surface area contributed by atoms with E-state index in [1.165, 1.54) is 11.1 Å². The summed E-state index contributed by atoms with van der Waals surface area (Å²) in [6.45, 7) is 0.848. The van der Waals surface area contributed by atoms with Gasteiger partial charge in [0.2, 0.25) is 5.82 Å². The van der Waals surface area contributed by atoms with Gasteiger partial charge in [-0.1, -0.05) is 48.5 Å². The molecule has 0 N–H and O–H groups in total. The lowest BCUT2D eigenvalue weighted by molar-refractivity contribution is -2.00. The van der Waals surface area contributed by atoms with Crippen LogP contribution in [0.1, 0.15) is 5.56 Å². The summed E-state index contributed by atoms with van der Waals surface area (Å²) < 4.78 is 38.4. The number of imidazole rings is 1. The predicted molar refractivity (Wildman–Crippen MR) is 86.8 cm³/mol. The van der Waals surface area contributed by atoms with Crippen LogP contribution in [0.15, 0.2) is 85.3 Å². The van der Waals surface area contributed by atoms with Crippen LogP contribution in [-0.2, 0) is 6.54 Å². The van der Waals surface area contributed by atoms with Crippen molar-refractivity contribution < 1.29 is 33.4 Å². The van der Waals surface area contributed by atoms with Crippen LogP contribution in [0.3, 0.4) is 0 Å². The quantitative estimate of drug-likeness (QED) is 0.403. The summed E-state index contributed by atoms with van der Waals surface area (Å²) in [7, 11) is -4.94. The Morgan fingerprint density at radius 1 is 0.815 bits per heavy atom. The second-order valence-corrected chi connectivity index (χ2v) is 6.41. The van der Waals surface area contributed by atoms with Crippen LogP contribution >= 0.6 is 0 Å². The zero-order valence-electron chi connectivity index (χ0n) is 14.1. The van der Waals surface area contributed by atoms with E-state index in [0.717, 1.165) is 17.9 Å². The predicted octanol–water partition coefficient (Wildman–Crippen LogP) is -1.39. The van der Waals surface area contributed by atoms with Gasteiger partial charge in [-0.2, -0.15) is 4.57 Å². The molecule has 0 aliphatic carbocycles. The van der Waals surface area contributed by atoms with Crippen LogP contribution in [0.25, 0.3) is 16.9 Å². The lowest BCUT2D eigenvalue weighted by atomic mass is 10.2. The molecular formula is C19H16ClN3O4. The molecule has 0 aliphatic heterocycles. The van der Waals surface area contributed by atoms with Crippen LogP contribution in [-0.4, -0.2) is 9.55 Å². The molecule has 0 radical (unpaired) electrons. The molecule has 2 aromatic heterocycles. The Hall–Kier alpha value is -2.81. The lowest BCUT2D eigenvalue weighted by Gasteiger charge is -2.17. The van der Waals surface area contributed by atoms with E-state index in [-0.39, 0.29) is 0 Å². The number of hydrogen-bond donors (Lipinski definition) is 0. The van der Waals surface area contributed by atoms with Crippen molar-refractivity contribution in [2.24, 2.45) is 0 Å². The highest BCUT2D eigenvalue weighted by molar-refractivity contribution is 5.73. The molecule has 0 amide bonds. The highest BCUT2D eigenvalue weighted by atomic mass is 35.7. The normalized spacial score (nSPS) is 11.1. The van der Waals surface area contributed by atoms with Gasteiger partial charge in [-0.3, -0.25) is 0 Å². The zero-order chi connectivity index (χ0) is 19.3. The highest BCUT2D eigenvalue weighted by Crippen LogP contribution is 2.15. The van der Waals surface area contributed by atoms with Gasteiger partial charge in [0.25, 0.3) is 6.33 Å². The first-order valence-corrected chi connectivity index (χ1v) is 9.22. The maximum atomic E-state index is 8.49. The molecule has 4 rings (SSSR count). The van der Waals surface area contributed by atoms with E-state index in [1.54, 1.807) is 0 Å². The van der Waals surface area contributed by atoms with Gasteiger partial charge >= 0.3 is 0 Å². The highest BCUT2D eigenvalue weighted by Gasteiger charge is 2.17. The van der Waals surface area contributed by atoms with E-state index in [9.17, 15) is 0 Å². The minimum atomic E-state index is -4.94. The summed E-state index contributed by atoms with van der Waals surface area (Å²) in [5.74, 6) is 0.936. The smallest absolute Gasteiger partial charge is 0.225 e. The zero-order valence-corrected chi connectivity index (χ0v) is 14.9. The van der Waals surface area contributed by atoms with Gasteiger partial charge in [0, 0.05) is 12.3 Å². The number of para-hydroxylation sites is 2. The molecule has 0 spiro atoms. The van der Waals surface area contributed by atoms with Gasteiger partial charge in [0.15, 0.2) is 11.0 Å². The van der Waals surface area contributed by atoms with Crippen molar-refractivity contribution in [1.29, 1.82) is 0 Å². The number of nitrogens with zero attached hydrogens (tertiary/aromatic N) is 3. The standard InChI is InChI=1S/C19H16N3.ClHO4/c1-2-8-16(9-3-1)14-21-15-22(19-12-6-7-13-20-19)18-11-5-4-10-17(18)21;2-1(3,4)5/h1-13,15H,14H2;(H,2,3,4,5)/q+1;/p-1. The first-order valence-electron chi connectivity index (χ1n) is 7.98. The molecule has 0 aliphatic rings. The van der Waals surface area contributed by atoms with E-state index in [1.807, 2.05) is 30.5 Å². The molecule has 2 aromatic carbocycles. The molecule has 0 bridgehead atoms. The number of pyridine rings is 1. The number of fused-ring (bicyclic) bond motifs is 1. The summed E-state index contributed by atoms with van der Waals surface area (Å²) in [4.78, 5) is 4.47. The Morgan fingerprint density at radius 3 is 2.11 bits per heavy atom. The van der Waals surface area contributed by atoms with Gasteiger partial charge in [-0.25, -0.2) is 28.2 Å². The number of hydrogen-bond acceptors (Lipinski definition) is 5. The van der Waals surface area contributed by atoms with Gasteiger partial charge in [-0.05, 0) is 23.8 Å². The van der Waals surface area contributed by atoms with Crippen molar-refractivity contribution in [2.45, 2.75) is 6.54 Å². The molecule has 0 unspecified atom stereocenters. The van der Waals surface area contributed by atoms with Crippen molar-refractivity contribution in [1.82, 2.24) is 9.55 Å². The fraction of sp³-hybridized carbons (Fsp3) is 0.0526. The lowest BCUT2D eigenvalue weighted by Crippen LogP contribution is -2.68. The summed E-state index contributed by atoms with van der Waals surface area (Å²) in [5, 5.41) is 0. The second kappa shape index (κ2) is 8.26. The van der Waals surface area contributed by atoms with E-state index < -0.39 is 10.2 Å². The van der Waals surface area contributed by atoms with Crippen molar-refractivity contribution in [3.63, 3.8) is 0 Å². The topological polar surface area (TPSA) is 114 Å². The molecule has 7 nitrogen and oxygen atoms in total.